The van der Waals surface area contributed by atoms with Crippen molar-refractivity contribution in [1.29, 1.82) is 0 Å². The smallest absolute Gasteiger partial charge is 0.0171 e. The van der Waals surface area contributed by atoms with Gasteiger partial charge in [0.2, 0.25) is 0 Å². The molecule has 0 radical (unpaired) electrons. The highest BCUT2D eigenvalue weighted by Gasteiger charge is 2.37. The zero-order chi connectivity index (χ0) is 12.5. The fourth-order valence-corrected chi connectivity index (χ4v) is 3.59. The predicted molar refractivity (Wildman–Crippen MR) is 74.3 cm³/mol. The largest absolute Gasteiger partial charge is 0.316 e. The first-order valence-electron chi connectivity index (χ1n) is 7.36. The Morgan fingerprint density at radius 1 is 1.06 bits per heavy atom. The van der Waals surface area contributed by atoms with E-state index in [1.165, 1.54) is 51.9 Å². The first kappa shape index (κ1) is 13.4. The molecule has 2 nitrogen and oxygen atoms in total. The number of likely N-dealkylation sites (tertiary alicyclic amines) is 1. The molecule has 0 aromatic heterocycles. The summed E-state index contributed by atoms with van der Waals surface area (Å²) in [7, 11) is 0. The molecule has 2 heteroatoms. The monoisotopic (exact) mass is 238 g/mol. The van der Waals surface area contributed by atoms with E-state index in [0.29, 0.717) is 10.8 Å². The maximum Gasteiger partial charge on any atom is 0.0171 e. The minimum absolute atomic E-state index is 0.437. The highest BCUT2D eigenvalue weighted by atomic mass is 15.2. The van der Waals surface area contributed by atoms with Gasteiger partial charge in [-0.25, -0.2) is 0 Å². The van der Waals surface area contributed by atoms with Crippen molar-refractivity contribution in [2.45, 2.75) is 59.4 Å². The SMILES string of the molecule is CC1(C)CCCN(C2CCNCC2(C)C)CC1. The van der Waals surface area contributed by atoms with Crippen molar-refractivity contribution >= 4 is 0 Å². The van der Waals surface area contributed by atoms with Gasteiger partial charge in [-0.2, -0.15) is 0 Å². The van der Waals surface area contributed by atoms with Gasteiger partial charge in [0.15, 0.2) is 0 Å². The summed E-state index contributed by atoms with van der Waals surface area (Å²) < 4.78 is 0. The summed E-state index contributed by atoms with van der Waals surface area (Å²) in [5.74, 6) is 0. The summed E-state index contributed by atoms with van der Waals surface area (Å²) in [6.07, 6.45) is 5.47. The molecular weight excluding hydrogens is 208 g/mol. The van der Waals surface area contributed by atoms with E-state index >= 15 is 0 Å². The van der Waals surface area contributed by atoms with Crippen LogP contribution in [0.4, 0.5) is 0 Å². The average Bonchev–Trinajstić information content (AvgIpc) is 2.39. The van der Waals surface area contributed by atoms with E-state index in [0.717, 1.165) is 6.04 Å². The molecule has 2 fully saturated rings. The van der Waals surface area contributed by atoms with E-state index in [4.69, 9.17) is 0 Å². The third kappa shape index (κ3) is 3.23. The molecule has 0 bridgehead atoms. The molecule has 2 aliphatic heterocycles. The molecule has 0 spiro atoms. The van der Waals surface area contributed by atoms with Gasteiger partial charge in [-0.15, -0.1) is 0 Å². The lowest BCUT2D eigenvalue weighted by molar-refractivity contribution is 0.0600. The molecule has 2 rings (SSSR count). The average molecular weight is 238 g/mol. The van der Waals surface area contributed by atoms with Gasteiger partial charge in [0, 0.05) is 12.6 Å². The molecule has 0 amide bonds. The molecule has 17 heavy (non-hydrogen) atoms. The van der Waals surface area contributed by atoms with Crippen LogP contribution in [0.25, 0.3) is 0 Å². The molecule has 0 aromatic carbocycles. The Balaban J connectivity index is 2.01. The van der Waals surface area contributed by atoms with E-state index in [1.54, 1.807) is 0 Å². The predicted octanol–water partition coefficient (Wildman–Crippen LogP) is 2.89. The van der Waals surface area contributed by atoms with Crippen LogP contribution in [0.5, 0.6) is 0 Å². The minimum atomic E-state index is 0.437. The summed E-state index contributed by atoms with van der Waals surface area (Å²) in [6, 6.07) is 0.789. The van der Waals surface area contributed by atoms with Crippen molar-refractivity contribution in [3.63, 3.8) is 0 Å². The Labute approximate surface area is 107 Å². The Hall–Kier alpha value is -0.0800. The highest BCUT2D eigenvalue weighted by molar-refractivity contribution is 4.93. The molecule has 2 saturated heterocycles. The lowest BCUT2D eigenvalue weighted by Gasteiger charge is -2.45. The summed E-state index contributed by atoms with van der Waals surface area (Å²) >= 11 is 0. The third-order valence-electron chi connectivity index (χ3n) is 4.89. The lowest BCUT2D eigenvalue weighted by atomic mass is 9.79. The van der Waals surface area contributed by atoms with Crippen molar-refractivity contribution in [3.8, 4) is 0 Å². The Morgan fingerprint density at radius 3 is 2.53 bits per heavy atom. The van der Waals surface area contributed by atoms with Crippen LogP contribution >= 0.6 is 0 Å². The van der Waals surface area contributed by atoms with E-state index in [1.807, 2.05) is 0 Å². The molecule has 2 aliphatic rings. The van der Waals surface area contributed by atoms with Crippen LogP contribution in [0.3, 0.4) is 0 Å². The number of rotatable bonds is 1. The normalized spacial score (nSPS) is 34.2. The summed E-state index contributed by atoms with van der Waals surface area (Å²) in [6.45, 7) is 14.7. The molecule has 1 atom stereocenters. The Kier molecular flexibility index (Phi) is 3.84. The van der Waals surface area contributed by atoms with E-state index in [2.05, 4.69) is 37.9 Å². The van der Waals surface area contributed by atoms with E-state index in [-0.39, 0.29) is 0 Å². The fourth-order valence-electron chi connectivity index (χ4n) is 3.59. The number of nitrogens with one attached hydrogen (secondary N) is 1. The zero-order valence-corrected chi connectivity index (χ0v) is 12.2. The van der Waals surface area contributed by atoms with Crippen LogP contribution in [0.1, 0.15) is 53.4 Å². The quantitative estimate of drug-likeness (QED) is 0.755. The molecule has 1 N–H and O–H groups in total. The zero-order valence-electron chi connectivity index (χ0n) is 12.2. The summed E-state index contributed by atoms with van der Waals surface area (Å²) in [4.78, 5) is 2.79. The number of nitrogens with zero attached hydrogens (tertiary/aromatic N) is 1. The maximum atomic E-state index is 3.55. The minimum Gasteiger partial charge on any atom is -0.316 e. The molecule has 1 unspecified atom stereocenters. The van der Waals surface area contributed by atoms with Gasteiger partial charge in [0.1, 0.15) is 0 Å². The third-order valence-corrected chi connectivity index (χ3v) is 4.89. The number of piperidine rings is 1. The van der Waals surface area contributed by atoms with Gasteiger partial charge in [-0.05, 0) is 56.1 Å². The van der Waals surface area contributed by atoms with Crippen LogP contribution in [-0.2, 0) is 0 Å². The van der Waals surface area contributed by atoms with E-state index < -0.39 is 0 Å². The second-order valence-electron chi connectivity index (χ2n) is 7.52. The summed E-state index contributed by atoms with van der Waals surface area (Å²) in [5.41, 5.74) is 0.999. The first-order valence-corrected chi connectivity index (χ1v) is 7.36. The van der Waals surface area contributed by atoms with Crippen molar-refractivity contribution in [3.05, 3.63) is 0 Å². The molecule has 0 saturated carbocycles. The summed E-state index contributed by atoms with van der Waals surface area (Å²) in [5, 5.41) is 3.55. The Bertz CT molecular complexity index is 258. The Morgan fingerprint density at radius 2 is 1.82 bits per heavy atom. The fraction of sp³-hybridized carbons (Fsp3) is 1.00. The topological polar surface area (TPSA) is 15.3 Å². The van der Waals surface area contributed by atoms with Gasteiger partial charge in [0.25, 0.3) is 0 Å². The second kappa shape index (κ2) is 4.89. The van der Waals surface area contributed by atoms with Crippen LogP contribution < -0.4 is 5.32 Å². The molecule has 0 aliphatic carbocycles. The van der Waals surface area contributed by atoms with Crippen molar-refractivity contribution in [1.82, 2.24) is 10.2 Å². The van der Waals surface area contributed by atoms with Gasteiger partial charge in [-0.1, -0.05) is 27.7 Å². The molecule has 2 heterocycles. The standard InChI is InChI=1S/C15H30N2/c1-14(2)7-5-10-17(11-8-14)13-6-9-16-12-15(13,3)4/h13,16H,5-12H2,1-4H3. The van der Waals surface area contributed by atoms with Gasteiger partial charge >= 0.3 is 0 Å². The van der Waals surface area contributed by atoms with Crippen LogP contribution in [0, 0.1) is 10.8 Å². The van der Waals surface area contributed by atoms with Crippen molar-refractivity contribution < 1.29 is 0 Å². The van der Waals surface area contributed by atoms with Gasteiger partial charge in [-0.3, -0.25) is 4.90 Å². The molecule has 100 valence electrons. The highest BCUT2D eigenvalue weighted by Crippen LogP contribution is 2.35. The van der Waals surface area contributed by atoms with Crippen molar-refractivity contribution in [2.75, 3.05) is 26.2 Å². The maximum absolute atomic E-state index is 3.55. The number of hydrogen-bond donors (Lipinski definition) is 1. The molecule has 0 aromatic rings. The molecular formula is C15H30N2. The van der Waals surface area contributed by atoms with E-state index in [9.17, 15) is 0 Å². The van der Waals surface area contributed by atoms with Crippen LogP contribution in [-0.4, -0.2) is 37.1 Å². The number of hydrogen-bond acceptors (Lipinski definition) is 2. The van der Waals surface area contributed by atoms with Crippen LogP contribution in [0.2, 0.25) is 0 Å². The first-order chi connectivity index (χ1) is 7.91. The second-order valence-corrected chi connectivity index (χ2v) is 7.52. The van der Waals surface area contributed by atoms with Gasteiger partial charge in [0.05, 0.1) is 0 Å². The van der Waals surface area contributed by atoms with Crippen LogP contribution in [0.15, 0.2) is 0 Å². The van der Waals surface area contributed by atoms with Crippen molar-refractivity contribution in [2.24, 2.45) is 10.8 Å². The lowest BCUT2D eigenvalue weighted by Crippen LogP contribution is -2.54. The van der Waals surface area contributed by atoms with Gasteiger partial charge < -0.3 is 5.32 Å².